The maximum atomic E-state index is 12.7. The predicted molar refractivity (Wildman–Crippen MR) is 101 cm³/mol. The van der Waals surface area contributed by atoms with Gasteiger partial charge in [-0.05, 0) is 23.8 Å². The van der Waals surface area contributed by atoms with Crippen LogP contribution < -0.4 is 10.5 Å². The highest BCUT2D eigenvalue weighted by Crippen LogP contribution is 2.34. The number of benzene rings is 1. The van der Waals surface area contributed by atoms with Gasteiger partial charge in [0.05, 0.1) is 22.8 Å². The number of ether oxygens (including phenoxy) is 1. The van der Waals surface area contributed by atoms with Crippen LogP contribution in [0.3, 0.4) is 0 Å². The summed E-state index contributed by atoms with van der Waals surface area (Å²) in [5, 5.41) is 0.650. The summed E-state index contributed by atoms with van der Waals surface area (Å²) in [6.45, 7) is -0.0131. The van der Waals surface area contributed by atoms with E-state index in [9.17, 15) is 18.0 Å². The summed E-state index contributed by atoms with van der Waals surface area (Å²) in [5.74, 6) is -0.408. The van der Waals surface area contributed by atoms with Crippen LogP contribution in [-0.4, -0.2) is 20.4 Å². The summed E-state index contributed by atoms with van der Waals surface area (Å²) in [6, 6.07) is 8.03. The van der Waals surface area contributed by atoms with Gasteiger partial charge in [-0.2, -0.15) is 13.2 Å². The van der Waals surface area contributed by atoms with E-state index < -0.39 is 17.6 Å². The molecule has 29 heavy (non-hydrogen) atoms. The van der Waals surface area contributed by atoms with Gasteiger partial charge in [-0.1, -0.05) is 12.1 Å². The number of aromatic nitrogens is 3. The lowest BCUT2D eigenvalue weighted by Crippen LogP contribution is -2.10. The number of hydrogen-bond donors (Lipinski definition) is 1. The zero-order chi connectivity index (χ0) is 20.6. The van der Waals surface area contributed by atoms with Gasteiger partial charge in [0.1, 0.15) is 28.6 Å². The monoisotopic (exact) mass is 418 g/mol. The first-order chi connectivity index (χ1) is 13.8. The number of fused-ring (bicyclic) bond motifs is 1. The molecule has 3 aromatic heterocycles. The molecule has 3 heterocycles. The molecule has 1 aromatic carbocycles. The first-order valence-corrected chi connectivity index (χ1v) is 9.14. The molecule has 0 bridgehead atoms. The Morgan fingerprint density at radius 1 is 1.21 bits per heavy atom. The Morgan fingerprint density at radius 2 is 1.97 bits per heavy atom. The van der Waals surface area contributed by atoms with E-state index in [-0.39, 0.29) is 17.2 Å². The minimum absolute atomic E-state index is 0.0131. The van der Waals surface area contributed by atoms with E-state index in [1.807, 2.05) is 0 Å². The van der Waals surface area contributed by atoms with Crippen molar-refractivity contribution in [2.75, 3.05) is 0 Å². The normalized spacial score (nSPS) is 11.7. The number of hydrogen-bond acceptors (Lipinski definition) is 5. The number of carbonyl (C=O) groups is 1. The van der Waals surface area contributed by atoms with Crippen molar-refractivity contribution in [3.05, 3.63) is 71.1 Å². The minimum atomic E-state index is -4.40. The molecular weight excluding hydrogens is 405 g/mol. The third-order valence-corrected chi connectivity index (χ3v) is 5.30. The topological polar surface area (TPSA) is 83.0 Å². The van der Waals surface area contributed by atoms with Crippen LogP contribution in [0.1, 0.15) is 20.8 Å². The third-order valence-electron chi connectivity index (χ3n) is 4.17. The number of pyridine rings is 1. The number of alkyl halides is 3. The van der Waals surface area contributed by atoms with Crippen LogP contribution in [0.25, 0.3) is 16.0 Å². The molecule has 10 heteroatoms. The fraction of sp³-hybridized carbons (Fsp3) is 0.105. The Bertz CT molecular complexity index is 1180. The lowest BCUT2D eigenvalue weighted by Gasteiger charge is -2.09. The number of primary amides is 1. The Morgan fingerprint density at radius 3 is 2.66 bits per heavy atom. The highest BCUT2D eigenvalue weighted by atomic mass is 32.1. The average Bonchev–Trinajstić information content (AvgIpc) is 3.30. The van der Waals surface area contributed by atoms with Crippen LogP contribution in [0, 0.1) is 0 Å². The molecule has 0 saturated carbocycles. The van der Waals surface area contributed by atoms with Gasteiger partial charge in [-0.25, -0.2) is 4.98 Å². The van der Waals surface area contributed by atoms with Crippen molar-refractivity contribution in [3.8, 4) is 10.8 Å². The van der Waals surface area contributed by atoms with Crippen LogP contribution >= 0.6 is 11.3 Å². The minimum Gasteiger partial charge on any atom is -0.487 e. The fourth-order valence-electron chi connectivity index (χ4n) is 2.74. The van der Waals surface area contributed by atoms with E-state index in [0.29, 0.717) is 10.6 Å². The number of nitrogens with zero attached hydrogens (tertiary/aromatic N) is 3. The summed E-state index contributed by atoms with van der Waals surface area (Å²) in [4.78, 5) is 20.4. The van der Waals surface area contributed by atoms with Crippen LogP contribution in [0.15, 0.2) is 55.1 Å². The van der Waals surface area contributed by atoms with Crippen LogP contribution in [-0.2, 0) is 12.8 Å². The largest absolute Gasteiger partial charge is 0.487 e. The maximum Gasteiger partial charge on any atom is 0.416 e. The molecule has 2 N–H and O–H groups in total. The Labute approximate surface area is 166 Å². The molecule has 0 unspecified atom stereocenters. The number of thiophene rings is 1. The molecule has 4 aromatic rings. The van der Waals surface area contributed by atoms with Gasteiger partial charge < -0.3 is 10.5 Å². The van der Waals surface area contributed by atoms with Crippen LogP contribution in [0.5, 0.6) is 5.75 Å². The smallest absolute Gasteiger partial charge is 0.416 e. The van der Waals surface area contributed by atoms with Crippen molar-refractivity contribution in [3.63, 3.8) is 0 Å². The quantitative estimate of drug-likeness (QED) is 0.527. The van der Waals surface area contributed by atoms with Gasteiger partial charge in [-0.15, -0.1) is 11.3 Å². The second-order valence-electron chi connectivity index (χ2n) is 6.10. The van der Waals surface area contributed by atoms with Crippen molar-refractivity contribution >= 4 is 28.3 Å². The van der Waals surface area contributed by atoms with Gasteiger partial charge in [-0.3, -0.25) is 14.3 Å². The van der Waals surface area contributed by atoms with Gasteiger partial charge in [0, 0.05) is 12.3 Å². The zero-order valence-electron chi connectivity index (χ0n) is 14.7. The Balaban J connectivity index is 1.60. The SMILES string of the molecule is NC(=O)c1sc(-n2cnc3ccncc32)cc1OCc1ccc(C(F)(F)F)cc1. The van der Waals surface area contributed by atoms with E-state index in [1.165, 1.54) is 12.1 Å². The highest BCUT2D eigenvalue weighted by Gasteiger charge is 2.30. The molecule has 0 fully saturated rings. The molecule has 148 valence electrons. The molecule has 0 spiro atoms. The van der Waals surface area contributed by atoms with Gasteiger partial charge in [0.15, 0.2) is 0 Å². The molecule has 0 radical (unpaired) electrons. The van der Waals surface area contributed by atoms with Gasteiger partial charge in [0.25, 0.3) is 5.91 Å². The Hall–Kier alpha value is -3.40. The van der Waals surface area contributed by atoms with Crippen molar-refractivity contribution in [1.82, 2.24) is 14.5 Å². The number of halogens is 3. The molecule has 0 aliphatic carbocycles. The second kappa shape index (κ2) is 7.21. The number of amides is 1. The second-order valence-corrected chi connectivity index (χ2v) is 7.14. The molecule has 0 aliphatic rings. The number of rotatable bonds is 5. The third kappa shape index (κ3) is 3.79. The molecule has 0 saturated heterocycles. The first-order valence-electron chi connectivity index (χ1n) is 8.33. The number of imidazole rings is 1. The van der Waals surface area contributed by atoms with E-state index >= 15 is 0 Å². The summed E-state index contributed by atoms with van der Waals surface area (Å²) in [7, 11) is 0. The molecule has 4 rings (SSSR count). The molecule has 0 aliphatic heterocycles. The summed E-state index contributed by atoms with van der Waals surface area (Å²) >= 11 is 1.13. The molecule has 1 amide bonds. The number of carbonyl (C=O) groups excluding carboxylic acids is 1. The predicted octanol–water partition coefficient (Wildman–Crippen LogP) is 4.18. The summed E-state index contributed by atoms with van der Waals surface area (Å²) in [6.07, 6.45) is 0.474. The average molecular weight is 418 g/mol. The lowest BCUT2D eigenvalue weighted by atomic mass is 10.1. The van der Waals surface area contributed by atoms with Crippen molar-refractivity contribution in [2.24, 2.45) is 5.73 Å². The number of nitrogens with two attached hydrogens (primary N) is 1. The van der Waals surface area contributed by atoms with E-state index in [0.717, 1.165) is 34.5 Å². The highest BCUT2D eigenvalue weighted by molar-refractivity contribution is 7.16. The van der Waals surface area contributed by atoms with Crippen LogP contribution in [0.4, 0.5) is 13.2 Å². The Kier molecular flexibility index (Phi) is 4.71. The summed E-state index contributed by atoms with van der Waals surface area (Å²) in [5.41, 5.74) is 6.73. The standard InChI is InChI=1S/C19H13F3N4O2S/c20-19(21,22)12-3-1-11(2-4-12)9-28-15-7-16(29-17(15)18(23)27)26-10-25-13-5-6-24-8-14(13)26/h1-8,10H,9H2,(H2,23,27). The van der Waals surface area contributed by atoms with Crippen molar-refractivity contribution in [1.29, 1.82) is 0 Å². The van der Waals surface area contributed by atoms with E-state index in [1.54, 1.807) is 35.4 Å². The molecular formula is C19H13F3N4O2S. The van der Waals surface area contributed by atoms with Crippen LogP contribution in [0.2, 0.25) is 0 Å². The fourth-order valence-corrected chi connectivity index (χ4v) is 3.68. The lowest BCUT2D eigenvalue weighted by molar-refractivity contribution is -0.137. The van der Waals surface area contributed by atoms with Gasteiger partial charge in [0.2, 0.25) is 0 Å². The summed E-state index contributed by atoms with van der Waals surface area (Å²) < 4.78 is 45.4. The van der Waals surface area contributed by atoms with E-state index in [4.69, 9.17) is 10.5 Å². The zero-order valence-corrected chi connectivity index (χ0v) is 15.5. The first kappa shape index (κ1) is 18.9. The van der Waals surface area contributed by atoms with Gasteiger partial charge >= 0.3 is 6.18 Å². The van der Waals surface area contributed by atoms with E-state index in [2.05, 4.69) is 9.97 Å². The molecule has 6 nitrogen and oxygen atoms in total. The molecule has 0 atom stereocenters. The van der Waals surface area contributed by atoms with Crippen molar-refractivity contribution in [2.45, 2.75) is 12.8 Å². The maximum absolute atomic E-state index is 12.7. The van der Waals surface area contributed by atoms with Crippen molar-refractivity contribution < 1.29 is 22.7 Å².